The minimum absolute atomic E-state index is 0.0229. The van der Waals surface area contributed by atoms with Crippen LogP contribution in [0.2, 0.25) is 0 Å². The number of para-hydroxylation sites is 2. The Bertz CT molecular complexity index is 1050. The van der Waals surface area contributed by atoms with E-state index in [9.17, 15) is 18.8 Å². The smallest absolute Gasteiger partial charge is 0.261 e. The van der Waals surface area contributed by atoms with Crippen molar-refractivity contribution in [3.63, 3.8) is 0 Å². The maximum absolute atomic E-state index is 13.5. The first-order chi connectivity index (χ1) is 13.0. The lowest BCUT2D eigenvalue weighted by atomic mass is 10.2. The fourth-order valence-corrected chi connectivity index (χ4v) is 2.52. The number of nitrogens with one attached hydrogen (secondary N) is 2. The second kappa shape index (κ2) is 8.22. The first kappa shape index (κ1) is 18.2. The Kier molecular flexibility index (Phi) is 5.55. The largest absolute Gasteiger partial charge is 0.354 e. The van der Waals surface area contributed by atoms with Gasteiger partial charge in [0.2, 0.25) is 11.8 Å². The van der Waals surface area contributed by atoms with Crippen LogP contribution in [0.4, 0.5) is 10.1 Å². The highest BCUT2D eigenvalue weighted by Crippen LogP contribution is 2.12. The van der Waals surface area contributed by atoms with Gasteiger partial charge in [-0.05, 0) is 24.3 Å². The monoisotopic (exact) mass is 368 g/mol. The standard InChI is InChI=1S/C19H17FN4O3/c20-14-6-2-4-8-16(14)23-17(25)9-10-21-18(26)11-24-12-22-15-7-3-1-5-13(15)19(24)27/h1-8,12H,9-11H2,(H,21,26)(H,23,25). The number of anilines is 1. The molecule has 0 radical (unpaired) electrons. The van der Waals surface area contributed by atoms with Crippen molar-refractivity contribution in [1.82, 2.24) is 14.9 Å². The van der Waals surface area contributed by atoms with Gasteiger partial charge < -0.3 is 10.6 Å². The number of rotatable bonds is 6. The predicted molar refractivity (Wildman–Crippen MR) is 98.7 cm³/mol. The van der Waals surface area contributed by atoms with Crippen LogP contribution in [0.1, 0.15) is 6.42 Å². The number of hydrogen-bond acceptors (Lipinski definition) is 4. The third-order valence-corrected chi connectivity index (χ3v) is 3.87. The molecule has 0 fully saturated rings. The van der Waals surface area contributed by atoms with Crippen LogP contribution in [0.5, 0.6) is 0 Å². The Morgan fingerprint density at radius 2 is 1.78 bits per heavy atom. The molecule has 2 aromatic carbocycles. The first-order valence-electron chi connectivity index (χ1n) is 8.30. The van der Waals surface area contributed by atoms with E-state index in [2.05, 4.69) is 15.6 Å². The summed E-state index contributed by atoms with van der Waals surface area (Å²) < 4.78 is 14.7. The second-order valence-electron chi connectivity index (χ2n) is 5.82. The summed E-state index contributed by atoms with van der Waals surface area (Å²) >= 11 is 0. The molecule has 0 unspecified atom stereocenters. The number of aromatic nitrogens is 2. The Hall–Kier alpha value is -3.55. The van der Waals surface area contributed by atoms with E-state index in [0.29, 0.717) is 10.9 Å². The fraction of sp³-hybridized carbons (Fsp3) is 0.158. The van der Waals surface area contributed by atoms with Gasteiger partial charge in [-0.3, -0.25) is 19.0 Å². The number of hydrogen-bond donors (Lipinski definition) is 2. The second-order valence-corrected chi connectivity index (χ2v) is 5.82. The molecule has 0 saturated carbocycles. The topological polar surface area (TPSA) is 93.1 Å². The molecule has 27 heavy (non-hydrogen) atoms. The Balaban J connectivity index is 1.51. The zero-order chi connectivity index (χ0) is 19.2. The summed E-state index contributed by atoms with van der Waals surface area (Å²) in [6.45, 7) is -0.138. The maximum Gasteiger partial charge on any atom is 0.261 e. The van der Waals surface area contributed by atoms with E-state index >= 15 is 0 Å². The van der Waals surface area contributed by atoms with Crippen LogP contribution in [0.25, 0.3) is 10.9 Å². The molecule has 3 aromatic rings. The summed E-state index contributed by atoms with van der Waals surface area (Å²) in [5.41, 5.74) is 0.333. The Morgan fingerprint density at radius 1 is 1.04 bits per heavy atom. The van der Waals surface area contributed by atoms with E-state index in [1.54, 1.807) is 30.3 Å². The van der Waals surface area contributed by atoms with Crippen LogP contribution in [0.3, 0.4) is 0 Å². The fourth-order valence-electron chi connectivity index (χ4n) is 2.52. The van der Waals surface area contributed by atoms with Crippen LogP contribution in [-0.2, 0) is 16.1 Å². The lowest BCUT2D eigenvalue weighted by Crippen LogP contribution is -2.34. The van der Waals surface area contributed by atoms with Crippen molar-refractivity contribution >= 4 is 28.4 Å². The molecule has 7 nitrogen and oxygen atoms in total. The summed E-state index contributed by atoms with van der Waals surface area (Å²) in [5, 5.41) is 5.42. The SMILES string of the molecule is O=C(Cn1cnc2ccccc2c1=O)NCCC(=O)Nc1ccccc1F. The highest BCUT2D eigenvalue weighted by Gasteiger charge is 2.09. The van der Waals surface area contributed by atoms with Gasteiger partial charge in [0.25, 0.3) is 5.56 Å². The molecule has 1 aromatic heterocycles. The van der Waals surface area contributed by atoms with Gasteiger partial charge in [0.15, 0.2) is 0 Å². The van der Waals surface area contributed by atoms with Crippen LogP contribution < -0.4 is 16.2 Å². The van der Waals surface area contributed by atoms with Gasteiger partial charge in [-0.15, -0.1) is 0 Å². The van der Waals surface area contributed by atoms with E-state index in [1.807, 2.05) is 0 Å². The molecule has 0 aliphatic rings. The zero-order valence-electron chi connectivity index (χ0n) is 14.3. The molecular formula is C19H17FN4O3. The zero-order valence-corrected chi connectivity index (χ0v) is 14.3. The van der Waals surface area contributed by atoms with E-state index in [4.69, 9.17) is 0 Å². The minimum Gasteiger partial charge on any atom is -0.354 e. The van der Waals surface area contributed by atoms with Gasteiger partial charge in [0.05, 0.1) is 22.9 Å². The Labute approximate surface area is 153 Å². The van der Waals surface area contributed by atoms with Crippen molar-refractivity contribution < 1.29 is 14.0 Å². The van der Waals surface area contributed by atoms with Crippen molar-refractivity contribution in [2.24, 2.45) is 0 Å². The van der Waals surface area contributed by atoms with E-state index in [1.165, 1.54) is 29.1 Å². The maximum atomic E-state index is 13.5. The van der Waals surface area contributed by atoms with Crippen molar-refractivity contribution in [1.29, 1.82) is 0 Å². The third-order valence-electron chi connectivity index (χ3n) is 3.87. The number of nitrogens with zero attached hydrogens (tertiary/aromatic N) is 2. The Morgan fingerprint density at radius 3 is 2.59 bits per heavy atom. The number of carbonyl (C=O) groups is 2. The van der Waals surface area contributed by atoms with Gasteiger partial charge in [-0.1, -0.05) is 24.3 Å². The highest BCUT2D eigenvalue weighted by molar-refractivity contribution is 5.91. The summed E-state index contributed by atoms with van der Waals surface area (Å²) in [7, 11) is 0. The van der Waals surface area contributed by atoms with Crippen molar-refractivity contribution in [2.45, 2.75) is 13.0 Å². The molecule has 0 spiro atoms. The normalized spacial score (nSPS) is 10.6. The van der Waals surface area contributed by atoms with Gasteiger partial charge in [-0.25, -0.2) is 9.37 Å². The van der Waals surface area contributed by atoms with Crippen molar-refractivity contribution in [2.75, 3.05) is 11.9 Å². The van der Waals surface area contributed by atoms with Gasteiger partial charge in [0.1, 0.15) is 12.4 Å². The lowest BCUT2D eigenvalue weighted by molar-refractivity contribution is -0.121. The van der Waals surface area contributed by atoms with Crippen LogP contribution >= 0.6 is 0 Å². The molecule has 0 aliphatic carbocycles. The predicted octanol–water partition coefficient (Wildman–Crippen LogP) is 1.68. The van der Waals surface area contributed by atoms with Gasteiger partial charge in [-0.2, -0.15) is 0 Å². The van der Waals surface area contributed by atoms with Gasteiger partial charge in [0, 0.05) is 13.0 Å². The third kappa shape index (κ3) is 4.55. The highest BCUT2D eigenvalue weighted by atomic mass is 19.1. The molecule has 0 aliphatic heterocycles. The molecule has 0 atom stereocenters. The molecular weight excluding hydrogens is 351 g/mol. The van der Waals surface area contributed by atoms with Crippen molar-refractivity contribution in [3.05, 3.63) is 71.0 Å². The molecule has 8 heteroatoms. The van der Waals surface area contributed by atoms with Gasteiger partial charge >= 0.3 is 0 Å². The molecule has 2 N–H and O–H groups in total. The molecule has 0 saturated heterocycles. The number of fused-ring (bicyclic) bond motifs is 1. The molecule has 3 rings (SSSR count). The average Bonchev–Trinajstić information content (AvgIpc) is 2.66. The number of benzene rings is 2. The van der Waals surface area contributed by atoms with E-state index < -0.39 is 17.6 Å². The quantitative estimate of drug-likeness (QED) is 0.692. The average molecular weight is 368 g/mol. The summed E-state index contributed by atoms with van der Waals surface area (Å²) in [4.78, 5) is 40.3. The van der Waals surface area contributed by atoms with E-state index in [-0.39, 0.29) is 30.8 Å². The van der Waals surface area contributed by atoms with Crippen LogP contribution in [-0.4, -0.2) is 27.9 Å². The first-order valence-corrected chi connectivity index (χ1v) is 8.30. The van der Waals surface area contributed by atoms with Crippen LogP contribution in [0, 0.1) is 5.82 Å². The summed E-state index contributed by atoms with van der Waals surface area (Å²) in [6, 6.07) is 12.7. The number of amides is 2. The molecule has 1 heterocycles. The molecule has 0 bridgehead atoms. The summed E-state index contributed by atoms with van der Waals surface area (Å²) in [6.07, 6.45) is 1.29. The summed E-state index contributed by atoms with van der Waals surface area (Å²) in [5.74, 6) is -1.38. The van der Waals surface area contributed by atoms with E-state index in [0.717, 1.165) is 0 Å². The number of halogens is 1. The van der Waals surface area contributed by atoms with Crippen molar-refractivity contribution in [3.8, 4) is 0 Å². The molecule has 2 amide bonds. The van der Waals surface area contributed by atoms with Crippen LogP contribution in [0.15, 0.2) is 59.7 Å². The minimum atomic E-state index is -0.530. The number of carbonyl (C=O) groups excluding carboxylic acids is 2. The lowest BCUT2D eigenvalue weighted by Gasteiger charge is -2.09. The molecule has 138 valence electrons.